The standard InChI is InChI=1S/C19H17FN2O/c20-18-8-2-6-16(11-18)15-5-1-7-17(10-15)19(23)22-9-3-4-14(12-21)13-22/h1-2,5-8,10-11,14H,3-4,9,13H2. The maximum Gasteiger partial charge on any atom is 0.253 e. The van der Waals surface area contributed by atoms with Crippen LogP contribution >= 0.6 is 0 Å². The summed E-state index contributed by atoms with van der Waals surface area (Å²) in [7, 11) is 0. The summed E-state index contributed by atoms with van der Waals surface area (Å²) in [6, 6.07) is 15.8. The lowest BCUT2D eigenvalue weighted by Crippen LogP contribution is -2.39. The molecule has 1 heterocycles. The van der Waals surface area contributed by atoms with Crippen molar-refractivity contribution in [2.45, 2.75) is 12.8 Å². The molecule has 0 radical (unpaired) electrons. The van der Waals surface area contributed by atoms with E-state index in [0.717, 1.165) is 24.0 Å². The fraction of sp³-hybridized carbons (Fsp3) is 0.263. The second-order valence-corrected chi connectivity index (χ2v) is 5.81. The van der Waals surface area contributed by atoms with Crippen LogP contribution in [0.4, 0.5) is 4.39 Å². The Morgan fingerprint density at radius 3 is 2.65 bits per heavy atom. The molecule has 0 aromatic heterocycles. The highest BCUT2D eigenvalue weighted by Crippen LogP contribution is 2.23. The van der Waals surface area contributed by atoms with Crippen LogP contribution in [0.15, 0.2) is 48.5 Å². The van der Waals surface area contributed by atoms with Crippen LogP contribution in [0.5, 0.6) is 0 Å². The summed E-state index contributed by atoms with van der Waals surface area (Å²) < 4.78 is 13.4. The number of carbonyl (C=O) groups is 1. The van der Waals surface area contributed by atoms with Crippen LogP contribution in [0.1, 0.15) is 23.2 Å². The van der Waals surface area contributed by atoms with Gasteiger partial charge in [0, 0.05) is 18.7 Å². The molecule has 0 N–H and O–H groups in total. The molecule has 23 heavy (non-hydrogen) atoms. The minimum atomic E-state index is -0.299. The van der Waals surface area contributed by atoms with Gasteiger partial charge in [0.1, 0.15) is 5.82 Å². The monoisotopic (exact) mass is 308 g/mol. The summed E-state index contributed by atoms with van der Waals surface area (Å²) in [5.41, 5.74) is 2.13. The lowest BCUT2D eigenvalue weighted by molar-refractivity contribution is 0.0699. The van der Waals surface area contributed by atoms with Crippen molar-refractivity contribution in [3.8, 4) is 17.2 Å². The van der Waals surface area contributed by atoms with Crippen LogP contribution in [-0.2, 0) is 0 Å². The fourth-order valence-electron chi connectivity index (χ4n) is 2.95. The zero-order valence-electron chi connectivity index (χ0n) is 12.7. The number of piperidine rings is 1. The molecule has 1 fully saturated rings. The van der Waals surface area contributed by atoms with Gasteiger partial charge in [-0.25, -0.2) is 4.39 Å². The summed E-state index contributed by atoms with van der Waals surface area (Å²) in [6.45, 7) is 1.17. The van der Waals surface area contributed by atoms with E-state index in [9.17, 15) is 9.18 Å². The Kier molecular flexibility index (Phi) is 4.38. The maximum absolute atomic E-state index is 13.4. The van der Waals surface area contributed by atoms with E-state index in [0.29, 0.717) is 18.7 Å². The minimum Gasteiger partial charge on any atom is -0.337 e. The molecule has 1 saturated heterocycles. The molecular weight excluding hydrogens is 291 g/mol. The van der Waals surface area contributed by atoms with Gasteiger partial charge < -0.3 is 4.90 Å². The van der Waals surface area contributed by atoms with E-state index in [1.54, 1.807) is 29.2 Å². The van der Waals surface area contributed by atoms with Gasteiger partial charge in [-0.1, -0.05) is 24.3 Å². The number of amides is 1. The second-order valence-electron chi connectivity index (χ2n) is 5.81. The Morgan fingerprint density at radius 2 is 1.91 bits per heavy atom. The van der Waals surface area contributed by atoms with E-state index < -0.39 is 0 Å². The molecule has 1 aliphatic heterocycles. The highest BCUT2D eigenvalue weighted by atomic mass is 19.1. The number of likely N-dealkylation sites (tertiary alicyclic amines) is 1. The third-order valence-electron chi connectivity index (χ3n) is 4.16. The third-order valence-corrected chi connectivity index (χ3v) is 4.16. The zero-order chi connectivity index (χ0) is 16.2. The van der Waals surface area contributed by atoms with Crippen LogP contribution in [0.2, 0.25) is 0 Å². The Morgan fingerprint density at radius 1 is 1.17 bits per heavy atom. The molecule has 0 aliphatic carbocycles. The molecule has 1 amide bonds. The smallest absolute Gasteiger partial charge is 0.253 e. The van der Waals surface area contributed by atoms with Crippen molar-refractivity contribution >= 4 is 5.91 Å². The Labute approximate surface area is 135 Å². The van der Waals surface area contributed by atoms with E-state index in [1.165, 1.54) is 12.1 Å². The van der Waals surface area contributed by atoms with E-state index in [-0.39, 0.29) is 17.6 Å². The SMILES string of the molecule is N#CC1CCCN(C(=O)c2cccc(-c3cccc(F)c3)c2)C1. The van der Waals surface area contributed by atoms with Gasteiger partial charge in [0.2, 0.25) is 0 Å². The number of nitrogens with zero attached hydrogens (tertiary/aromatic N) is 2. The van der Waals surface area contributed by atoms with Gasteiger partial charge in [-0.2, -0.15) is 5.26 Å². The van der Waals surface area contributed by atoms with Crippen molar-refractivity contribution < 1.29 is 9.18 Å². The number of rotatable bonds is 2. The van der Waals surface area contributed by atoms with Crippen molar-refractivity contribution in [3.05, 3.63) is 59.9 Å². The zero-order valence-corrected chi connectivity index (χ0v) is 12.7. The molecule has 0 saturated carbocycles. The number of benzene rings is 2. The number of carbonyl (C=O) groups excluding carboxylic acids is 1. The fourth-order valence-corrected chi connectivity index (χ4v) is 2.95. The molecule has 1 aliphatic rings. The van der Waals surface area contributed by atoms with Crippen molar-refractivity contribution in [2.24, 2.45) is 5.92 Å². The molecule has 1 atom stereocenters. The Bertz CT molecular complexity index is 766. The van der Waals surface area contributed by atoms with E-state index in [1.807, 2.05) is 12.1 Å². The maximum atomic E-state index is 13.4. The molecule has 0 bridgehead atoms. The Balaban J connectivity index is 1.85. The van der Waals surface area contributed by atoms with E-state index in [4.69, 9.17) is 5.26 Å². The number of halogens is 1. The van der Waals surface area contributed by atoms with Crippen LogP contribution in [0.25, 0.3) is 11.1 Å². The largest absolute Gasteiger partial charge is 0.337 e. The average molecular weight is 308 g/mol. The van der Waals surface area contributed by atoms with Crippen LogP contribution in [0.3, 0.4) is 0 Å². The van der Waals surface area contributed by atoms with Crippen LogP contribution in [0, 0.1) is 23.1 Å². The average Bonchev–Trinajstić information content (AvgIpc) is 2.61. The van der Waals surface area contributed by atoms with Gasteiger partial charge in [0.05, 0.1) is 12.0 Å². The number of nitriles is 1. The van der Waals surface area contributed by atoms with E-state index in [2.05, 4.69) is 6.07 Å². The van der Waals surface area contributed by atoms with Crippen molar-refractivity contribution in [1.29, 1.82) is 5.26 Å². The summed E-state index contributed by atoms with van der Waals surface area (Å²) in [4.78, 5) is 14.4. The molecule has 2 aromatic carbocycles. The molecular formula is C19H17FN2O. The van der Waals surface area contributed by atoms with Crippen LogP contribution < -0.4 is 0 Å². The summed E-state index contributed by atoms with van der Waals surface area (Å²) in [6.07, 6.45) is 1.71. The molecule has 3 rings (SSSR count). The van der Waals surface area contributed by atoms with Crippen molar-refractivity contribution in [3.63, 3.8) is 0 Å². The minimum absolute atomic E-state index is 0.0665. The normalized spacial score (nSPS) is 17.6. The first-order chi connectivity index (χ1) is 11.2. The molecule has 3 nitrogen and oxygen atoms in total. The first kappa shape index (κ1) is 15.2. The molecule has 1 unspecified atom stereocenters. The van der Waals surface area contributed by atoms with Gasteiger partial charge in [0.15, 0.2) is 0 Å². The molecule has 0 spiro atoms. The first-order valence-electron chi connectivity index (χ1n) is 7.72. The lowest BCUT2D eigenvalue weighted by Gasteiger charge is -2.29. The summed E-state index contributed by atoms with van der Waals surface area (Å²) in [5, 5.41) is 9.06. The first-order valence-corrected chi connectivity index (χ1v) is 7.72. The number of hydrogen-bond donors (Lipinski definition) is 0. The predicted molar refractivity (Wildman–Crippen MR) is 86.1 cm³/mol. The van der Waals surface area contributed by atoms with Crippen LogP contribution in [-0.4, -0.2) is 23.9 Å². The lowest BCUT2D eigenvalue weighted by atomic mass is 9.98. The topological polar surface area (TPSA) is 44.1 Å². The molecule has 4 heteroatoms. The van der Waals surface area contributed by atoms with Gasteiger partial charge in [-0.05, 0) is 48.2 Å². The number of hydrogen-bond acceptors (Lipinski definition) is 2. The van der Waals surface area contributed by atoms with Crippen molar-refractivity contribution in [1.82, 2.24) is 4.90 Å². The van der Waals surface area contributed by atoms with Gasteiger partial charge in [-0.15, -0.1) is 0 Å². The predicted octanol–water partition coefficient (Wildman–Crippen LogP) is 3.87. The van der Waals surface area contributed by atoms with Crippen molar-refractivity contribution in [2.75, 3.05) is 13.1 Å². The molecule has 116 valence electrons. The van der Waals surface area contributed by atoms with Gasteiger partial charge in [0.25, 0.3) is 5.91 Å². The highest BCUT2D eigenvalue weighted by molar-refractivity contribution is 5.95. The van der Waals surface area contributed by atoms with Gasteiger partial charge >= 0.3 is 0 Å². The van der Waals surface area contributed by atoms with Gasteiger partial charge in [-0.3, -0.25) is 4.79 Å². The molecule has 2 aromatic rings. The Hall–Kier alpha value is -2.67. The summed E-state index contributed by atoms with van der Waals surface area (Å²) in [5.74, 6) is -0.450. The summed E-state index contributed by atoms with van der Waals surface area (Å²) >= 11 is 0. The quantitative estimate of drug-likeness (QED) is 0.845. The highest BCUT2D eigenvalue weighted by Gasteiger charge is 2.24. The van der Waals surface area contributed by atoms with E-state index >= 15 is 0 Å². The second kappa shape index (κ2) is 6.62. The third kappa shape index (κ3) is 3.40.